The molecule has 0 spiro atoms. The third-order valence-corrected chi connectivity index (χ3v) is 3.24. The summed E-state index contributed by atoms with van der Waals surface area (Å²) in [5.41, 5.74) is 0.0229. The van der Waals surface area contributed by atoms with Crippen molar-refractivity contribution in [3.05, 3.63) is 51.6 Å². The Bertz CT molecular complexity index is 908. The van der Waals surface area contributed by atoms with E-state index in [9.17, 15) is 18.0 Å². The minimum absolute atomic E-state index is 0.139. The van der Waals surface area contributed by atoms with Gasteiger partial charge < -0.3 is 4.42 Å². The van der Waals surface area contributed by atoms with E-state index in [0.29, 0.717) is 22.8 Å². The molecular formula is C14H10F3N3O2. The van der Waals surface area contributed by atoms with Gasteiger partial charge in [0.05, 0.1) is 16.6 Å². The van der Waals surface area contributed by atoms with E-state index in [1.54, 1.807) is 13.8 Å². The molecule has 5 nitrogen and oxygen atoms in total. The van der Waals surface area contributed by atoms with Crippen LogP contribution in [0.3, 0.4) is 0 Å². The maximum atomic E-state index is 12.6. The van der Waals surface area contributed by atoms with E-state index < -0.39 is 17.4 Å². The number of halogens is 3. The standard InChI is InChI=1S/C14H10F3N3O2/c1-7-5-11(21)22-13-12(7)8(2)19-20(13)10-4-3-9(6-18-10)14(15,16)17/h3-6H,1-2H3. The van der Waals surface area contributed by atoms with Crippen LogP contribution < -0.4 is 5.63 Å². The van der Waals surface area contributed by atoms with Gasteiger partial charge >= 0.3 is 11.8 Å². The number of aromatic nitrogens is 3. The number of aryl methyl sites for hydroxylation is 2. The predicted molar refractivity (Wildman–Crippen MR) is 71.9 cm³/mol. The molecule has 0 saturated carbocycles. The van der Waals surface area contributed by atoms with Gasteiger partial charge in [0.2, 0.25) is 5.71 Å². The Balaban J connectivity index is 2.21. The Hall–Kier alpha value is -2.64. The van der Waals surface area contributed by atoms with Gasteiger partial charge in [-0.2, -0.15) is 23.0 Å². The maximum absolute atomic E-state index is 12.6. The molecule has 114 valence electrons. The lowest BCUT2D eigenvalue weighted by Crippen LogP contribution is -2.08. The molecule has 0 N–H and O–H groups in total. The van der Waals surface area contributed by atoms with Crippen molar-refractivity contribution in [2.45, 2.75) is 20.0 Å². The molecular weight excluding hydrogens is 299 g/mol. The zero-order valence-corrected chi connectivity index (χ0v) is 11.6. The van der Waals surface area contributed by atoms with Crippen LogP contribution in [-0.2, 0) is 6.18 Å². The Labute approximate surface area is 122 Å². The molecule has 0 unspecified atom stereocenters. The third kappa shape index (κ3) is 2.26. The first-order valence-electron chi connectivity index (χ1n) is 6.31. The fourth-order valence-electron chi connectivity index (χ4n) is 2.26. The van der Waals surface area contributed by atoms with Crippen LogP contribution in [0, 0.1) is 13.8 Å². The summed E-state index contributed by atoms with van der Waals surface area (Å²) in [5, 5.41) is 4.83. The smallest absolute Gasteiger partial charge is 0.403 e. The number of nitrogens with zero attached hydrogens (tertiary/aromatic N) is 3. The molecule has 0 bridgehead atoms. The van der Waals surface area contributed by atoms with E-state index in [2.05, 4.69) is 10.1 Å². The van der Waals surface area contributed by atoms with Crippen molar-refractivity contribution in [2.75, 3.05) is 0 Å². The second kappa shape index (κ2) is 4.69. The minimum atomic E-state index is -4.46. The van der Waals surface area contributed by atoms with Crippen molar-refractivity contribution in [3.63, 3.8) is 0 Å². The highest BCUT2D eigenvalue weighted by Crippen LogP contribution is 2.29. The average Bonchev–Trinajstić information content (AvgIpc) is 2.75. The van der Waals surface area contributed by atoms with Crippen molar-refractivity contribution < 1.29 is 17.6 Å². The summed E-state index contributed by atoms with van der Waals surface area (Å²) in [6.07, 6.45) is -3.75. The van der Waals surface area contributed by atoms with Gasteiger partial charge in [0.25, 0.3) is 0 Å². The Morgan fingerprint density at radius 1 is 1.23 bits per heavy atom. The van der Waals surface area contributed by atoms with Gasteiger partial charge in [0.1, 0.15) is 0 Å². The van der Waals surface area contributed by atoms with E-state index >= 15 is 0 Å². The molecule has 0 fully saturated rings. The van der Waals surface area contributed by atoms with Gasteiger partial charge in [-0.3, -0.25) is 0 Å². The van der Waals surface area contributed by atoms with Gasteiger partial charge in [0.15, 0.2) is 5.82 Å². The third-order valence-electron chi connectivity index (χ3n) is 3.24. The van der Waals surface area contributed by atoms with Crippen molar-refractivity contribution in [1.29, 1.82) is 0 Å². The summed E-state index contributed by atoms with van der Waals surface area (Å²) in [4.78, 5) is 15.3. The van der Waals surface area contributed by atoms with Crippen molar-refractivity contribution in [2.24, 2.45) is 0 Å². The molecule has 3 aromatic heterocycles. The average molecular weight is 309 g/mol. The lowest BCUT2D eigenvalue weighted by Gasteiger charge is -2.07. The Morgan fingerprint density at radius 2 is 1.95 bits per heavy atom. The van der Waals surface area contributed by atoms with E-state index in [-0.39, 0.29) is 11.5 Å². The first-order valence-corrected chi connectivity index (χ1v) is 6.31. The second-order valence-corrected chi connectivity index (χ2v) is 4.83. The molecule has 0 aliphatic rings. The zero-order valence-electron chi connectivity index (χ0n) is 11.6. The summed E-state index contributed by atoms with van der Waals surface area (Å²) in [5.74, 6) is 0.139. The lowest BCUT2D eigenvalue weighted by atomic mass is 10.2. The monoisotopic (exact) mass is 309 g/mol. The van der Waals surface area contributed by atoms with E-state index in [1.165, 1.54) is 16.8 Å². The molecule has 0 amide bonds. The molecule has 0 aliphatic carbocycles. The molecule has 8 heteroatoms. The quantitative estimate of drug-likeness (QED) is 0.693. The van der Waals surface area contributed by atoms with Gasteiger partial charge in [0, 0.05) is 12.3 Å². The number of alkyl halides is 3. The van der Waals surface area contributed by atoms with Crippen LogP contribution >= 0.6 is 0 Å². The number of rotatable bonds is 1. The highest BCUT2D eigenvalue weighted by Gasteiger charge is 2.30. The molecule has 0 aliphatic heterocycles. The van der Waals surface area contributed by atoms with Crippen LogP contribution in [0.4, 0.5) is 13.2 Å². The highest BCUT2D eigenvalue weighted by molar-refractivity contribution is 5.81. The summed E-state index contributed by atoms with van der Waals surface area (Å²) in [6, 6.07) is 3.41. The number of fused-ring (bicyclic) bond motifs is 1. The molecule has 22 heavy (non-hydrogen) atoms. The fraction of sp³-hybridized carbons (Fsp3) is 0.214. The van der Waals surface area contributed by atoms with Crippen molar-refractivity contribution in [1.82, 2.24) is 14.8 Å². The van der Waals surface area contributed by atoms with Crippen molar-refractivity contribution >= 4 is 11.1 Å². The SMILES string of the molecule is Cc1cc(=O)oc2c1c(C)nn2-c1ccc(C(F)(F)F)cn1. The second-order valence-electron chi connectivity index (χ2n) is 4.83. The number of pyridine rings is 1. The lowest BCUT2D eigenvalue weighted by molar-refractivity contribution is -0.137. The summed E-state index contributed by atoms with van der Waals surface area (Å²) < 4.78 is 44.0. The first kappa shape index (κ1) is 14.3. The van der Waals surface area contributed by atoms with Crippen LogP contribution in [0.25, 0.3) is 16.9 Å². The number of hydrogen-bond acceptors (Lipinski definition) is 4. The van der Waals surface area contributed by atoms with Crippen LogP contribution in [0.15, 0.2) is 33.6 Å². The van der Waals surface area contributed by atoms with E-state index in [4.69, 9.17) is 4.42 Å². The fourth-order valence-corrected chi connectivity index (χ4v) is 2.26. The summed E-state index contributed by atoms with van der Waals surface area (Å²) in [7, 11) is 0. The van der Waals surface area contributed by atoms with Gasteiger partial charge in [-0.25, -0.2) is 9.78 Å². The van der Waals surface area contributed by atoms with Crippen LogP contribution in [0.2, 0.25) is 0 Å². The molecule has 0 saturated heterocycles. The van der Waals surface area contributed by atoms with Crippen LogP contribution in [0.1, 0.15) is 16.8 Å². The van der Waals surface area contributed by atoms with Gasteiger partial charge in [-0.1, -0.05) is 0 Å². The molecule has 0 radical (unpaired) electrons. The van der Waals surface area contributed by atoms with Crippen LogP contribution in [-0.4, -0.2) is 14.8 Å². The molecule has 3 aromatic rings. The van der Waals surface area contributed by atoms with Gasteiger partial charge in [-0.15, -0.1) is 0 Å². The van der Waals surface area contributed by atoms with Crippen molar-refractivity contribution in [3.8, 4) is 5.82 Å². The van der Waals surface area contributed by atoms with E-state index in [1.807, 2.05) is 0 Å². The summed E-state index contributed by atoms with van der Waals surface area (Å²) >= 11 is 0. The highest BCUT2D eigenvalue weighted by atomic mass is 19.4. The molecule has 0 atom stereocenters. The first-order chi connectivity index (χ1) is 10.3. The Kier molecular flexibility index (Phi) is 3.05. The number of hydrogen-bond donors (Lipinski definition) is 0. The Morgan fingerprint density at radius 3 is 2.55 bits per heavy atom. The molecule has 0 aromatic carbocycles. The topological polar surface area (TPSA) is 60.9 Å². The predicted octanol–water partition coefficient (Wildman–Crippen LogP) is 3.01. The van der Waals surface area contributed by atoms with E-state index in [0.717, 1.165) is 6.07 Å². The normalized spacial score (nSPS) is 12.0. The van der Waals surface area contributed by atoms with Gasteiger partial charge in [-0.05, 0) is 31.5 Å². The molecule has 3 rings (SSSR count). The summed E-state index contributed by atoms with van der Waals surface area (Å²) in [6.45, 7) is 3.45. The maximum Gasteiger partial charge on any atom is 0.417 e. The minimum Gasteiger partial charge on any atom is -0.403 e. The largest absolute Gasteiger partial charge is 0.417 e. The van der Waals surface area contributed by atoms with Crippen LogP contribution in [0.5, 0.6) is 0 Å². The molecule has 3 heterocycles. The zero-order chi connectivity index (χ0) is 16.1.